The number of benzene rings is 4. The van der Waals surface area contributed by atoms with Crippen molar-refractivity contribution in [3.8, 4) is 0 Å². The highest BCUT2D eigenvalue weighted by Gasteiger charge is 2.57. The summed E-state index contributed by atoms with van der Waals surface area (Å²) in [5.74, 6) is 1.46. The Morgan fingerprint density at radius 2 is 1.33 bits per heavy atom. The van der Waals surface area contributed by atoms with Crippen LogP contribution in [-0.2, 0) is 0 Å². The maximum atomic E-state index is 5.62. The van der Waals surface area contributed by atoms with Crippen molar-refractivity contribution >= 4 is 23.3 Å². The Kier molecular flexibility index (Phi) is 7.68. The molecule has 0 radical (unpaired) electrons. The lowest BCUT2D eigenvalue weighted by Gasteiger charge is -2.56. The van der Waals surface area contributed by atoms with Crippen molar-refractivity contribution in [2.45, 2.75) is 50.0 Å². The van der Waals surface area contributed by atoms with Gasteiger partial charge < -0.3 is 0 Å². The zero-order valence-electron chi connectivity index (χ0n) is 24.3. The molecule has 3 nitrogen and oxygen atoms in total. The van der Waals surface area contributed by atoms with Crippen molar-refractivity contribution in [3.05, 3.63) is 144 Å². The van der Waals surface area contributed by atoms with Crippen LogP contribution in [0.25, 0.3) is 11.8 Å². The molecule has 3 unspecified atom stereocenters. The van der Waals surface area contributed by atoms with E-state index in [9.17, 15) is 0 Å². The van der Waals surface area contributed by atoms with Gasteiger partial charge in [0.15, 0.2) is 0 Å². The van der Waals surface area contributed by atoms with Crippen LogP contribution in [0.2, 0.25) is 0 Å². The van der Waals surface area contributed by atoms with E-state index in [0.29, 0.717) is 0 Å². The van der Waals surface area contributed by atoms with Crippen LogP contribution in [0.5, 0.6) is 0 Å². The molecule has 3 heteroatoms. The summed E-state index contributed by atoms with van der Waals surface area (Å²) in [6, 6.07) is 43.3. The number of nitrogens with zero attached hydrogens (tertiary/aromatic N) is 3. The fraction of sp³-hybridized carbons (Fsp3) is 0.282. The Labute approximate surface area is 250 Å². The summed E-state index contributed by atoms with van der Waals surface area (Å²) in [4.78, 5) is 14.0. The Hall–Kier alpha value is -4.08. The monoisotopic (exact) mass is 549 g/mol. The largest absolute Gasteiger partial charge is 0.296 e. The van der Waals surface area contributed by atoms with E-state index in [-0.39, 0.29) is 17.4 Å². The third kappa shape index (κ3) is 5.07. The molecule has 42 heavy (non-hydrogen) atoms. The average Bonchev–Trinajstić information content (AvgIpc) is 3.62. The quantitative estimate of drug-likeness (QED) is 0.221. The first-order valence-corrected chi connectivity index (χ1v) is 15.7. The highest BCUT2D eigenvalue weighted by atomic mass is 15.2. The van der Waals surface area contributed by atoms with Crippen molar-refractivity contribution in [2.75, 3.05) is 13.1 Å². The fourth-order valence-electron chi connectivity index (χ4n) is 7.73. The van der Waals surface area contributed by atoms with E-state index < -0.39 is 0 Å². The van der Waals surface area contributed by atoms with Crippen molar-refractivity contribution in [1.29, 1.82) is 0 Å². The molecule has 0 bridgehead atoms. The summed E-state index contributed by atoms with van der Waals surface area (Å²) in [5.41, 5.74) is 6.95. The highest BCUT2D eigenvalue weighted by Crippen LogP contribution is 2.53. The summed E-state index contributed by atoms with van der Waals surface area (Å²) in [5, 5.41) is 0. The summed E-state index contributed by atoms with van der Waals surface area (Å²) in [7, 11) is 0. The smallest absolute Gasteiger partial charge is 0.134 e. The number of amidine groups is 1. The molecular formula is C39H39N3. The van der Waals surface area contributed by atoms with Crippen LogP contribution in [0.15, 0.2) is 131 Å². The maximum Gasteiger partial charge on any atom is 0.134 e. The fourth-order valence-corrected chi connectivity index (χ4v) is 7.73. The summed E-state index contributed by atoms with van der Waals surface area (Å²) in [6.07, 6.45) is 9.52. The number of fused-ring (bicyclic) bond motifs is 1. The Morgan fingerprint density at radius 3 is 2.02 bits per heavy atom. The lowest BCUT2D eigenvalue weighted by Crippen LogP contribution is -2.63. The standard InChI is InChI=1S/C39H39N3/c1-5-17-30(18-6-1)29-35(31-19-7-2-8-20-31)40-38-34-25-13-14-26-39(34,42-27-15-16-28-42)36(32-21-9-3-10-22-32)37(41-38)33-23-11-4-12-24-33/h1-12,17-24,29,34,36H,13-16,25-28H2/b35-29+,40-38?. The molecule has 0 N–H and O–H groups in total. The molecule has 1 saturated carbocycles. The normalized spacial score (nSPS) is 25.7. The van der Waals surface area contributed by atoms with E-state index in [0.717, 1.165) is 47.9 Å². The first-order valence-electron chi connectivity index (χ1n) is 15.7. The zero-order valence-corrected chi connectivity index (χ0v) is 24.3. The Bertz CT molecular complexity index is 1570. The minimum Gasteiger partial charge on any atom is -0.296 e. The van der Waals surface area contributed by atoms with Gasteiger partial charge in [-0.15, -0.1) is 0 Å². The van der Waals surface area contributed by atoms with Crippen molar-refractivity contribution < 1.29 is 0 Å². The number of hydrogen-bond acceptors (Lipinski definition) is 2. The van der Waals surface area contributed by atoms with Gasteiger partial charge in [-0.1, -0.05) is 134 Å². The Morgan fingerprint density at radius 1 is 0.714 bits per heavy atom. The van der Waals surface area contributed by atoms with Gasteiger partial charge in [0.05, 0.1) is 11.4 Å². The second-order valence-corrected chi connectivity index (χ2v) is 12.0. The first kappa shape index (κ1) is 26.8. The lowest BCUT2D eigenvalue weighted by molar-refractivity contribution is 0.0336. The van der Waals surface area contributed by atoms with E-state index in [2.05, 4.69) is 132 Å². The molecular weight excluding hydrogens is 510 g/mol. The molecule has 3 atom stereocenters. The van der Waals surface area contributed by atoms with Crippen molar-refractivity contribution in [2.24, 2.45) is 15.9 Å². The zero-order chi connectivity index (χ0) is 28.2. The second-order valence-electron chi connectivity index (χ2n) is 12.0. The van der Waals surface area contributed by atoms with Crippen LogP contribution in [-0.4, -0.2) is 35.1 Å². The molecule has 1 aliphatic carbocycles. The van der Waals surface area contributed by atoms with Gasteiger partial charge in [0.25, 0.3) is 0 Å². The number of likely N-dealkylation sites (tertiary alicyclic amines) is 1. The van der Waals surface area contributed by atoms with Gasteiger partial charge in [0.1, 0.15) is 5.84 Å². The van der Waals surface area contributed by atoms with Crippen LogP contribution in [0, 0.1) is 5.92 Å². The molecule has 3 aliphatic rings. The summed E-state index contributed by atoms with van der Waals surface area (Å²) in [6.45, 7) is 2.31. The SMILES string of the molecule is C(=C(\N=C1N=C(c2ccccc2)C(c2ccccc2)C2(N3CCCC3)CCCCC12)c1ccccc1)/c1ccccc1. The molecule has 210 valence electrons. The van der Waals surface area contributed by atoms with E-state index in [4.69, 9.17) is 9.98 Å². The van der Waals surface area contributed by atoms with Gasteiger partial charge >= 0.3 is 0 Å². The van der Waals surface area contributed by atoms with Crippen LogP contribution < -0.4 is 0 Å². The topological polar surface area (TPSA) is 28.0 Å². The summed E-state index contributed by atoms with van der Waals surface area (Å²) >= 11 is 0. The third-order valence-electron chi connectivity index (χ3n) is 9.55. The van der Waals surface area contributed by atoms with Gasteiger partial charge in [-0.2, -0.15) is 0 Å². The van der Waals surface area contributed by atoms with Crippen LogP contribution >= 0.6 is 0 Å². The molecule has 0 aromatic heterocycles. The predicted molar refractivity (Wildman–Crippen MR) is 176 cm³/mol. The minimum atomic E-state index is -0.0452. The van der Waals surface area contributed by atoms with Crippen LogP contribution in [0.3, 0.4) is 0 Å². The molecule has 0 amide bonds. The summed E-state index contributed by atoms with van der Waals surface area (Å²) < 4.78 is 0. The van der Waals surface area contributed by atoms with Crippen LogP contribution in [0.1, 0.15) is 66.7 Å². The second kappa shape index (κ2) is 12.0. The average molecular weight is 550 g/mol. The van der Waals surface area contributed by atoms with Gasteiger partial charge in [0, 0.05) is 22.9 Å². The molecule has 0 spiro atoms. The number of aliphatic imine (C=N–C) groups is 2. The van der Waals surface area contributed by atoms with Gasteiger partial charge in [-0.05, 0) is 61.5 Å². The predicted octanol–water partition coefficient (Wildman–Crippen LogP) is 8.89. The Balaban J connectivity index is 1.49. The first-order chi connectivity index (χ1) is 20.8. The molecule has 4 aromatic rings. The van der Waals surface area contributed by atoms with Gasteiger partial charge in [-0.25, -0.2) is 9.98 Å². The number of hydrogen-bond donors (Lipinski definition) is 0. The molecule has 2 fully saturated rings. The van der Waals surface area contributed by atoms with Gasteiger partial charge in [-0.3, -0.25) is 4.90 Å². The van der Waals surface area contributed by atoms with E-state index >= 15 is 0 Å². The third-order valence-corrected chi connectivity index (χ3v) is 9.55. The van der Waals surface area contributed by atoms with E-state index in [1.54, 1.807) is 0 Å². The van der Waals surface area contributed by atoms with E-state index in [1.807, 2.05) is 0 Å². The van der Waals surface area contributed by atoms with Gasteiger partial charge in [0.2, 0.25) is 0 Å². The van der Waals surface area contributed by atoms with Crippen molar-refractivity contribution in [3.63, 3.8) is 0 Å². The van der Waals surface area contributed by atoms with Crippen LogP contribution in [0.4, 0.5) is 0 Å². The maximum absolute atomic E-state index is 5.62. The molecule has 7 rings (SSSR count). The molecule has 4 aromatic carbocycles. The molecule has 2 heterocycles. The number of rotatable bonds is 6. The van der Waals surface area contributed by atoms with E-state index in [1.165, 1.54) is 43.2 Å². The highest BCUT2D eigenvalue weighted by molar-refractivity contribution is 6.15. The van der Waals surface area contributed by atoms with Crippen molar-refractivity contribution in [1.82, 2.24) is 4.90 Å². The minimum absolute atomic E-state index is 0.0452. The lowest BCUT2D eigenvalue weighted by atomic mass is 9.59. The molecule has 2 aliphatic heterocycles. The molecule has 1 saturated heterocycles.